The largest absolute Gasteiger partial charge is 0.495 e. The Balaban J connectivity index is 1.84. The molecule has 0 aliphatic heterocycles. The van der Waals surface area contributed by atoms with Crippen LogP contribution < -0.4 is 10.1 Å². The normalized spacial score (nSPS) is 10.5. The highest BCUT2D eigenvalue weighted by Crippen LogP contribution is 2.39. The number of aromatic nitrogens is 2. The van der Waals surface area contributed by atoms with Crippen LogP contribution in [0.3, 0.4) is 0 Å². The number of benzene rings is 2. The highest BCUT2D eigenvalue weighted by molar-refractivity contribution is 6.44. The molecule has 2 aromatic carbocycles. The number of halogens is 2. The second kappa shape index (κ2) is 6.90. The molecule has 0 aliphatic carbocycles. The van der Waals surface area contributed by atoms with Crippen molar-refractivity contribution in [1.29, 1.82) is 0 Å². The Hall–Kier alpha value is -2.57. The molecule has 6 nitrogen and oxygen atoms in total. The fourth-order valence-electron chi connectivity index (χ4n) is 2.00. The predicted molar refractivity (Wildman–Crippen MR) is 90.7 cm³/mol. The number of hydrogen-bond donors (Lipinski definition) is 1. The molecule has 0 aliphatic rings. The van der Waals surface area contributed by atoms with E-state index in [1.807, 2.05) is 6.07 Å². The van der Waals surface area contributed by atoms with Crippen molar-refractivity contribution >= 4 is 35.1 Å². The average molecular weight is 364 g/mol. The van der Waals surface area contributed by atoms with Crippen LogP contribution in [0.4, 0.5) is 6.01 Å². The van der Waals surface area contributed by atoms with Crippen LogP contribution in [-0.4, -0.2) is 23.2 Å². The Morgan fingerprint density at radius 1 is 1.08 bits per heavy atom. The number of anilines is 1. The molecule has 1 heterocycles. The van der Waals surface area contributed by atoms with Gasteiger partial charge in [-0.2, -0.15) is 0 Å². The Morgan fingerprint density at radius 2 is 1.83 bits per heavy atom. The molecule has 0 saturated carbocycles. The summed E-state index contributed by atoms with van der Waals surface area (Å²) in [7, 11) is 1.49. The van der Waals surface area contributed by atoms with Crippen LogP contribution in [0.15, 0.2) is 46.9 Å². The number of nitrogens with one attached hydrogen (secondary N) is 1. The summed E-state index contributed by atoms with van der Waals surface area (Å²) in [5.41, 5.74) is 0.915. The van der Waals surface area contributed by atoms with Crippen LogP contribution in [0.2, 0.25) is 10.0 Å². The zero-order valence-corrected chi connectivity index (χ0v) is 13.9. The molecule has 0 unspecified atom stereocenters. The summed E-state index contributed by atoms with van der Waals surface area (Å²) in [5, 5.41) is 10.7. The lowest BCUT2D eigenvalue weighted by atomic mass is 10.2. The van der Waals surface area contributed by atoms with Crippen molar-refractivity contribution in [2.45, 2.75) is 0 Å². The molecule has 0 fully saturated rings. The fraction of sp³-hybridized carbons (Fsp3) is 0.0625. The van der Waals surface area contributed by atoms with E-state index in [-0.39, 0.29) is 27.9 Å². The minimum Gasteiger partial charge on any atom is -0.495 e. The van der Waals surface area contributed by atoms with Gasteiger partial charge in [-0.25, -0.2) is 0 Å². The van der Waals surface area contributed by atoms with E-state index in [4.69, 9.17) is 32.4 Å². The van der Waals surface area contributed by atoms with Crippen molar-refractivity contribution in [2.75, 3.05) is 12.4 Å². The van der Waals surface area contributed by atoms with Crippen molar-refractivity contribution in [3.05, 3.63) is 58.1 Å². The lowest BCUT2D eigenvalue weighted by molar-refractivity contribution is 0.102. The van der Waals surface area contributed by atoms with Crippen molar-refractivity contribution < 1.29 is 13.9 Å². The molecular weight excluding hydrogens is 353 g/mol. The zero-order chi connectivity index (χ0) is 17.1. The third-order valence-corrected chi connectivity index (χ3v) is 4.04. The van der Waals surface area contributed by atoms with Gasteiger partial charge in [-0.3, -0.25) is 10.1 Å². The minimum atomic E-state index is -0.357. The number of carbonyl (C=O) groups is 1. The lowest BCUT2D eigenvalue weighted by Crippen LogP contribution is -2.11. The molecule has 1 N–H and O–H groups in total. The first-order chi connectivity index (χ1) is 11.6. The monoisotopic (exact) mass is 363 g/mol. The number of hydrogen-bond acceptors (Lipinski definition) is 5. The standard InChI is InChI=1S/C16H11Cl2N3O3/c1-23-11-8-7-10(12(17)13(11)18)15-20-21-16(24-15)19-14(22)9-5-3-2-4-6-9/h2-8H,1H3,(H,19,21,22). The van der Waals surface area contributed by atoms with Gasteiger partial charge in [-0.05, 0) is 24.3 Å². The van der Waals surface area contributed by atoms with E-state index >= 15 is 0 Å². The molecule has 0 radical (unpaired) electrons. The lowest BCUT2D eigenvalue weighted by Gasteiger charge is -2.06. The second-order valence-corrected chi connectivity index (χ2v) is 5.43. The van der Waals surface area contributed by atoms with Gasteiger partial charge in [0.2, 0.25) is 0 Å². The van der Waals surface area contributed by atoms with Crippen LogP contribution in [-0.2, 0) is 0 Å². The molecule has 0 saturated heterocycles. The highest BCUT2D eigenvalue weighted by Gasteiger charge is 2.18. The van der Waals surface area contributed by atoms with E-state index in [1.165, 1.54) is 7.11 Å². The Morgan fingerprint density at radius 3 is 2.54 bits per heavy atom. The highest BCUT2D eigenvalue weighted by atomic mass is 35.5. The number of nitrogens with zero attached hydrogens (tertiary/aromatic N) is 2. The molecule has 122 valence electrons. The van der Waals surface area contributed by atoms with Gasteiger partial charge in [0.15, 0.2) is 0 Å². The van der Waals surface area contributed by atoms with Crippen molar-refractivity contribution in [3.8, 4) is 17.2 Å². The minimum absolute atomic E-state index is 0.0399. The topological polar surface area (TPSA) is 77.3 Å². The average Bonchev–Trinajstić information content (AvgIpc) is 3.06. The summed E-state index contributed by atoms with van der Waals surface area (Å²) in [6, 6.07) is 11.9. The van der Waals surface area contributed by atoms with Crippen LogP contribution in [0.25, 0.3) is 11.5 Å². The van der Waals surface area contributed by atoms with Crippen LogP contribution in [0, 0.1) is 0 Å². The van der Waals surface area contributed by atoms with E-state index in [0.29, 0.717) is 16.9 Å². The molecule has 1 amide bonds. The molecule has 0 bridgehead atoms. The summed E-state index contributed by atoms with van der Waals surface area (Å²) >= 11 is 12.3. The maximum atomic E-state index is 12.1. The third kappa shape index (κ3) is 3.20. The number of rotatable bonds is 4. The summed E-state index contributed by atoms with van der Waals surface area (Å²) in [5.74, 6) is 0.208. The SMILES string of the molecule is COc1ccc(-c2nnc(NC(=O)c3ccccc3)o2)c(Cl)c1Cl. The maximum Gasteiger partial charge on any atom is 0.322 e. The van der Waals surface area contributed by atoms with E-state index in [9.17, 15) is 4.79 Å². The maximum absolute atomic E-state index is 12.1. The van der Waals surface area contributed by atoms with Gasteiger partial charge >= 0.3 is 6.01 Å². The third-order valence-electron chi connectivity index (χ3n) is 3.18. The number of carbonyl (C=O) groups excluding carboxylic acids is 1. The molecule has 8 heteroatoms. The summed E-state index contributed by atoms with van der Waals surface area (Å²) < 4.78 is 10.5. The quantitative estimate of drug-likeness (QED) is 0.747. The van der Waals surface area contributed by atoms with Gasteiger partial charge in [-0.15, -0.1) is 5.10 Å². The van der Waals surface area contributed by atoms with Gasteiger partial charge in [-0.1, -0.05) is 46.5 Å². The summed E-state index contributed by atoms with van der Waals surface area (Å²) in [6.07, 6.45) is 0. The predicted octanol–water partition coefficient (Wildman–Crippen LogP) is 4.30. The van der Waals surface area contributed by atoms with Gasteiger partial charge in [0.05, 0.1) is 17.7 Å². The molecule has 0 atom stereocenters. The van der Waals surface area contributed by atoms with Gasteiger partial charge in [0, 0.05) is 5.56 Å². The van der Waals surface area contributed by atoms with Crippen molar-refractivity contribution in [3.63, 3.8) is 0 Å². The Labute approximate surface area is 147 Å². The van der Waals surface area contributed by atoms with Gasteiger partial charge < -0.3 is 9.15 Å². The first kappa shape index (κ1) is 16.3. The van der Waals surface area contributed by atoms with Crippen molar-refractivity contribution in [2.24, 2.45) is 0 Å². The molecule has 3 rings (SSSR count). The van der Waals surface area contributed by atoms with Crippen LogP contribution in [0.5, 0.6) is 5.75 Å². The van der Waals surface area contributed by atoms with Gasteiger partial charge in [0.1, 0.15) is 10.8 Å². The smallest absolute Gasteiger partial charge is 0.322 e. The van der Waals surface area contributed by atoms with Gasteiger partial charge in [0.25, 0.3) is 11.8 Å². The van der Waals surface area contributed by atoms with Crippen LogP contribution >= 0.6 is 23.2 Å². The Kier molecular flexibility index (Phi) is 4.69. The number of ether oxygens (including phenoxy) is 1. The first-order valence-electron chi connectivity index (χ1n) is 6.82. The van der Waals surface area contributed by atoms with E-state index in [1.54, 1.807) is 36.4 Å². The molecule has 0 spiro atoms. The van der Waals surface area contributed by atoms with Crippen molar-refractivity contribution in [1.82, 2.24) is 10.2 Å². The molecule has 1 aromatic heterocycles. The zero-order valence-electron chi connectivity index (χ0n) is 12.4. The number of methoxy groups -OCH3 is 1. The van der Waals surface area contributed by atoms with E-state index < -0.39 is 0 Å². The first-order valence-corrected chi connectivity index (χ1v) is 7.58. The van der Waals surface area contributed by atoms with E-state index in [2.05, 4.69) is 15.5 Å². The summed E-state index contributed by atoms with van der Waals surface area (Å²) in [4.78, 5) is 12.1. The van der Waals surface area contributed by atoms with E-state index in [0.717, 1.165) is 0 Å². The molecular formula is C16H11Cl2N3O3. The molecule has 24 heavy (non-hydrogen) atoms. The number of amides is 1. The Bertz CT molecular complexity index is 882. The summed E-state index contributed by atoms with van der Waals surface area (Å²) in [6.45, 7) is 0. The molecule has 3 aromatic rings. The fourth-order valence-corrected chi connectivity index (χ4v) is 2.47. The second-order valence-electron chi connectivity index (χ2n) is 4.68. The van der Waals surface area contributed by atoms with Crippen LogP contribution in [0.1, 0.15) is 10.4 Å².